The number of nitrogens with one attached hydrogen (secondary N) is 2. The van der Waals surface area contributed by atoms with Crippen LogP contribution in [0.4, 0.5) is 5.69 Å². The highest BCUT2D eigenvalue weighted by Crippen LogP contribution is 2.24. The van der Waals surface area contributed by atoms with Gasteiger partial charge in [0.25, 0.3) is 0 Å². The number of hydrogen-bond donors (Lipinski definition) is 3. The molecule has 0 fully saturated rings. The van der Waals surface area contributed by atoms with Gasteiger partial charge >= 0.3 is 0 Å². The summed E-state index contributed by atoms with van der Waals surface area (Å²) >= 11 is 5.89. The molecule has 0 unspecified atom stereocenters. The molecule has 1 rings (SSSR count). The van der Waals surface area contributed by atoms with E-state index in [4.69, 9.17) is 16.7 Å². The number of sulfonamides is 1. The minimum absolute atomic E-state index is 0.0983. The summed E-state index contributed by atoms with van der Waals surface area (Å²) in [5, 5.41) is 10.8. The molecule has 0 aliphatic heterocycles. The molecule has 0 heterocycles. The first-order valence-corrected chi connectivity index (χ1v) is 7.60. The van der Waals surface area contributed by atoms with Gasteiger partial charge in [-0.1, -0.05) is 18.5 Å². The van der Waals surface area contributed by atoms with E-state index in [1.54, 1.807) is 0 Å². The second-order valence-electron chi connectivity index (χ2n) is 3.84. The van der Waals surface area contributed by atoms with E-state index in [9.17, 15) is 13.2 Å². The molecule has 1 aromatic rings. The molecular weight excluding hydrogens is 290 g/mol. The van der Waals surface area contributed by atoms with Gasteiger partial charge in [-0.05, 0) is 24.7 Å². The van der Waals surface area contributed by atoms with E-state index in [-0.39, 0.29) is 27.9 Å². The minimum atomic E-state index is -3.82. The predicted octanol–water partition coefficient (Wildman–Crippen LogP) is 0.926. The number of hydrogen-bond acceptors (Lipinski definition) is 4. The van der Waals surface area contributed by atoms with Crippen LogP contribution in [0.25, 0.3) is 0 Å². The topological polar surface area (TPSA) is 101 Å². The largest absolute Gasteiger partial charge is 0.325 e. The second kappa shape index (κ2) is 6.85. The fourth-order valence-electron chi connectivity index (χ4n) is 1.37. The van der Waals surface area contributed by atoms with Crippen molar-refractivity contribution in [3.63, 3.8) is 0 Å². The van der Waals surface area contributed by atoms with E-state index in [2.05, 4.69) is 10.6 Å². The average Bonchev–Trinajstić information content (AvgIpc) is 2.31. The van der Waals surface area contributed by atoms with Crippen LogP contribution in [0.15, 0.2) is 23.1 Å². The highest BCUT2D eigenvalue weighted by Gasteiger charge is 2.12. The molecule has 0 aliphatic carbocycles. The molecule has 0 saturated heterocycles. The van der Waals surface area contributed by atoms with Gasteiger partial charge < -0.3 is 10.6 Å². The number of benzene rings is 1. The van der Waals surface area contributed by atoms with Crippen LogP contribution in [0.5, 0.6) is 0 Å². The lowest BCUT2D eigenvalue weighted by molar-refractivity contribution is -0.116. The number of primary sulfonamides is 1. The van der Waals surface area contributed by atoms with Crippen LogP contribution in [0.3, 0.4) is 0 Å². The van der Waals surface area contributed by atoms with Crippen LogP contribution in [-0.2, 0) is 14.8 Å². The zero-order chi connectivity index (χ0) is 14.5. The number of carbonyl (C=O) groups is 1. The Hall–Kier alpha value is -1.15. The third-order valence-electron chi connectivity index (χ3n) is 2.32. The average molecular weight is 306 g/mol. The van der Waals surface area contributed by atoms with Crippen LogP contribution in [0.1, 0.15) is 13.3 Å². The van der Waals surface area contributed by atoms with Crippen molar-refractivity contribution in [1.29, 1.82) is 0 Å². The van der Waals surface area contributed by atoms with E-state index in [1.807, 2.05) is 6.92 Å². The van der Waals surface area contributed by atoms with Crippen molar-refractivity contribution < 1.29 is 13.2 Å². The van der Waals surface area contributed by atoms with E-state index >= 15 is 0 Å². The molecular formula is C11H16ClN3O3S. The summed E-state index contributed by atoms with van der Waals surface area (Å²) in [6.45, 7) is 3.24. The first-order valence-electron chi connectivity index (χ1n) is 5.67. The number of rotatable bonds is 6. The van der Waals surface area contributed by atoms with Crippen molar-refractivity contribution in [2.45, 2.75) is 18.2 Å². The summed E-state index contributed by atoms with van der Waals surface area (Å²) < 4.78 is 22.4. The standard InChI is InChI=1S/C11H16ClN3O3S/c1-2-14-6-5-11(16)15-10-7-8(19(13,17)18)3-4-9(10)12/h3-4,7,14H,2,5-6H2,1H3,(H,15,16)(H2,13,17,18). The van der Waals surface area contributed by atoms with E-state index in [0.29, 0.717) is 6.54 Å². The molecule has 0 atom stereocenters. The summed E-state index contributed by atoms with van der Waals surface area (Å²) in [5.41, 5.74) is 0.231. The van der Waals surface area contributed by atoms with Gasteiger partial charge in [0.1, 0.15) is 0 Å². The Bertz CT molecular complexity index is 560. The third kappa shape index (κ3) is 5.15. The van der Waals surface area contributed by atoms with E-state index in [0.717, 1.165) is 6.54 Å². The number of anilines is 1. The maximum Gasteiger partial charge on any atom is 0.238 e. The SMILES string of the molecule is CCNCCC(=O)Nc1cc(S(N)(=O)=O)ccc1Cl. The lowest BCUT2D eigenvalue weighted by atomic mass is 10.3. The third-order valence-corrected chi connectivity index (χ3v) is 3.56. The number of amides is 1. The van der Waals surface area contributed by atoms with E-state index in [1.165, 1.54) is 18.2 Å². The Morgan fingerprint density at radius 3 is 2.68 bits per heavy atom. The Balaban J connectivity index is 2.80. The van der Waals surface area contributed by atoms with Gasteiger partial charge in [-0.2, -0.15) is 0 Å². The Labute approximate surface area is 117 Å². The Morgan fingerprint density at radius 2 is 2.11 bits per heavy atom. The predicted molar refractivity (Wildman–Crippen MR) is 74.6 cm³/mol. The molecule has 0 aromatic heterocycles. The van der Waals surface area contributed by atoms with Crippen molar-refractivity contribution >= 4 is 33.2 Å². The smallest absolute Gasteiger partial charge is 0.238 e. The van der Waals surface area contributed by atoms with Crippen molar-refractivity contribution in [3.05, 3.63) is 23.2 Å². The first-order chi connectivity index (χ1) is 8.84. The number of halogens is 1. The fourth-order valence-corrected chi connectivity index (χ4v) is 2.07. The van der Waals surface area contributed by atoms with Crippen molar-refractivity contribution in [1.82, 2.24) is 5.32 Å². The van der Waals surface area contributed by atoms with Crippen LogP contribution >= 0.6 is 11.6 Å². The molecule has 0 aliphatic rings. The minimum Gasteiger partial charge on any atom is -0.325 e. The van der Waals surface area contributed by atoms with Gasteiger partial charge in [-0.25, -0.2) is 13.6 Å². The normalized spacial score (nSPS) is 11.3. The summed E-state index contributed by atoms with van der Waals surface area (Å²) in [5.74, 6) is -0.255. The highest BCUT2D eigenvalue weighted by atomic mass is 35.5. The number of carbonyl (C=O) groups excluding carboxylic acids is 1. The summed E-state index contributed by atoms with van der Waals surface area (Å²) in [6.07, 6.45) is 0.268. The lowest BCUT2D eigenvalue weighted by Crippen LogP contribution is -2.21. The van der Waals surface area contributed by atoms with Crippen LogP contribution < -0.4 is 15.8 Å². The molecule has 0 radical (unpaired) electrons. The molecule has 6 nitrogen and oxygen atoms in total. The van der Waals surface area contributed by atoms with Crippen molar-refractivity contribution in [2.24, 2.45) is 5.14 Å². The molecule has 0 spiro atoms. The van der Waals surface area contributed by atoms with Crippen molar-refractivity contribution in [3.8, 4) is 0 Å². The maximum atomic E-state index is 11.6. The molecule has 106 valence electrons. The molecule has 1 aromatic carbocycles. The first kappa shape index (κ1) is 15.9. The molecule has 1 amide bonds. The quantitative estimate of drug-likeness (QED) is 0.680. The zero-order valence-corrected chi connectivity index (χ0v) is 12.0. The Kier molecular flexibility index (Phi) is 5.74. The van der Waals surface area contributed by atoms with Crippen molar-refractivity contribution in [2.75, 3.05) is 18.4 Å². The molecule has 0 bridgehead atoms. The van der Waals surface area contributed by atoms with Gasteiger partial charge in [0.2, 0.25) is 15.9 Å². The molecule has 0 saturated carbocycles. The summed E-state index contributed by atoms with van der Waals surface area (Å²) in [6, 6.07) is 3.90. The van der Waals surface area contributed by atoms with Gasteiger partial charge in [0.15, 0.2) is 0 Å². The second-order valence-corrected chi connectivity index (χ2v) is 5.81. The zero-order valence-electron chi connectivity index (χ0n) is 10.4. The van der Waals surface area contributed by atoms with Crippen LogP contribution in [0.2, 0.25) is 5.02 Å². The van der Waals surface area contributed by atoms with E-state index < -0.39 is 10.0 Å². The maximum absolute atomic E-state index is 11.6. The van der Waals surface area contributed by atoms with Gasteiger partial charge in [0, 0.05) is 13.0 Å². The molecule has 4 N–H and O–H groups in total. The molecule has 19 heavy (non-hydrogen) atoms. The number of nitrogens with two attached hydrogens (primary N) is 1. The van der Waals surface area contributed by atoms with Gasteiger partial charge in [-0.15, -0.1) is 0 Å². The lowest BCUT2D eigenvalue weighted by Gasteiger charge is -2.09. The van der Waals surface area contributed by atoms with Gasteiger partial charge in [-0.3, -0.25) is 4.79 Å². The summed E-state index contributed by atoms with van der Waals surface area (Å²) in [4.78, 5) is 11.5. The fraction of sp³-hybridized carbons (Fsp3) is 0.364. The molecule has 8 heteroatoms. The van der Waals surface area contributed by atoms with Crippen LogP contribution in [0, 0.1) is 0 Å². The highest BCUT2D eigenvalue weighted by molar-refractivity contribution is 7.89. The monoisotopic (exact) mass is 305 g/mol. The van der Waals surface area contributed by atoms with Gasteiger partial charge in [0.05, 0.1) is 15.6 Å². The van der Waals surface area contributed by atoms with Crippen LogP contribution in [-0.4, -0.2) is 27.4 Å². The summed E-state index contributed by atoms with van der Waals surface area (Å²) in [7, 11) is -3.82. The Morgan fingerprint density at radius 1 is 1.42 bits per heavy atom.